The van der Waals surface area contributed by atoms with E-state index >= 15 is 0 Å². The van der Waals surface area contributed by atoms with Crippen molar-refractivity contribution in [2.45, 2.75) is 12.2 Å². The average Bonchev–Trinajstić information content (AvgIpc) is 1.84. The van der Waals surface area contributed by atoms with Gasteiger partial charge in [-0.3, -0.25) is 0 Å². The first kappa shape index (κ1) is 17.7. The molecule has 4 N–H and O–H groups in total. The Morgan fingerprint density at radius 1 is 0.833 bits per heavy atom. The van der Waals surface area contributed by atoms with Crippen molar-refractivity contribution in [3.8, 4) is 0 Å². The van der Waals surface area contributed by atoms with Gasteiger partial charge in [0.1, 0.15) is 0 Å². The van der Waals surface area contributed by atoms with Crippen molar-refractivity contribution in [3.05, 3.63) is 0 Å². The van der Waals surface area contributed by atoms with Gasteiger partial charge in [0.2, 0.25) is 0 Å². The number of aliphatic hydroxyl groups is 2. The minimum atomic E-state index is -2.27. The number of aliphatic hydroxyl groups excluding tert-OH is 2. The van der Waals surface area contributed by atoms with Gasteiger partial charge in [-0.1, -0.05) is 0 Å². The van der Waals surface area contributed by atoms with E-state index in [-0.39, 0.29) is 19.8 Å². The molecular weight excluding hydrogens is 206 g/mol. The number of carboxylic acid groups (broad SMARTS) is 2. The van der Waals surface area contributed by atoms with Gasteiger partial charge in [0.05, 0.1) is 0 Å². The molecule has 0 rings (SSSR count). The monoisotopic (exact) mass is 218 g/mol. The summed E-state index contributed by atoms with van der Waals surface area (Å²) in [6, 6.07) is 0. The number of rotatable bonds is 3. The normalized spacial score (nSPS) is 13.2. The number of hydrogen-bond acceptors (Lipinski definition) is 4. The van der Waals surface area contributed by atoms with Gasteiger partial charge in [0.25, 0.3) is 0 Å². The lowest BCUT2D eigenvalue weighted by molar-refractivity contribution is -0.165. The summed E-state index contributed by atoms with van der Waals surface area (Å²) in [6.45, 7) is 0. The van der Waals surface area contributed by atoms with Gasteiger partial charge in [0.15, 0.2) is 12.2 Å². The Morgan fingerprint density at radius 3 is 1.08 bits per heavy atom. The van der Waals surface area contributed by atoms with Crippen molar-refractivity contribution >= 4 is 31.7 Å². The lowest BCUT2D eigenvalue weighted by Gasteiger charge is -2.07. The van der Waals surface area contributed by atoms with E-state index in [1.165, 1.54) is 0 Å². The highest BCUT2D eigenvalue weighted by molar-refractivity contribution is 6.92. The van der Waals surface area contributed by atoms with Crippen LogP contribution in [0.1, 0.15) is 0 Å². The Kier molecular flexibility index (Phi) is 10.9. The van der Waals surface area contributed by atoms with Crippen molar-refractivity contribution in [1.82, 2.24) is 0 Å². The molecule has 0 saturated carbocycles. The fourth-order valence-electron chi connectivity index (χ4n) is 0.270. The Bertz CT molecular complexity index is 142. The van der Waals surface area contributed by atoms with Crippen molar-refractivity contribution < 1.29 is 30.0 Å². The van der Waals surface area contributed by atoms with E-state index in [0.717, 1.165) is 0 Å². The van der Waals surface area contributed by atoms with E-state index in [9.17, 15) is 9.59 Å². The highest BCUT2D eigenvalue weighted by Gasteiger charge is 2.29. The molecule has 8 heteroatoms. The van der Waals surface area contributed by atoms with Crippen LogP contribution in [0, 0.1) is 0 Å². The molecule has 6 nitrogen and oxygen atoms in total. The van der Waals surface area contributed by atoms with E-state index in [4.69, 9.17) is 20.4 Å². The zero-order valence-corrected chi connectivity index (χ0v) is 9.00. The summed E-state index contributed by atoms with van der Waals surface area (Å²) in [5.41, 5.74) is 0. The summed E-state index contributed by atoms with van der Waals surface area (Å²) in [5, 5.41) is 32.5. The molecular formula is C4H12O6P2. The standard InChI is InChI=1S/C4H6O6.2H3P/c5-1(3(7)8)2(6)4(9)10;;/h1-2,5-6H,(H,7,8)(H,9,10);2*1H3. The SMILES string of the molecule is O=C(O)C(O)C(O)C(=O)O.P.P. The lowest BCUT2D eigenvalue weighted by Crippen LogP contribution is -2.39. The van der Waals surface area contributed by atoms with E-state index in [2.05, 4.69) is 0 Å². The second kappa shape index (κ2) is 7.37. The average molecular weight is 218 g/mol. The van der Waals surface area contributed by atoms with E-state index in [1.54, 1.807) is 0 Å². The molecule has 0 aromatic heterocycles. The smallest absolute Gasteiger partial charge is 0.335 e. The van der Waals surface area contributed by atoms with Crippen LogP contribution in [-0.2, 0) is 9.59 Å². The zero-order chi connectivity index (χ0) is 8.31. The second-order valence-corrected chi connectivity index (χ2v) is 1.57. The van der Waals surface area contributed by atoms with Crippen LogP contribution in [-0.4, -0.2) is 44.6 Å². The molecule has 0 bridgehead atoms. The quantitative estimate of drug-likeness (QED) is 0.407. The van der Waals surface area contributed by atoms with Gasteiger partial charge in [0, 0.05) is 0 Å². The third kappa shape index (κ3) is 5.38. The van der Waals surface area contributed by atoms with Gasteiger partial charge < -0.3 is 20.4 Å². The topological polar surface area (TPSA) is 115 Å². The van der Waals surface area contributed by atoms with Crippen molar-refractivity contribution in [3.63, 3.8) is 0 Å². The molecule has 0 aliphatic rings. The predicted octanol–water partition coefficient (Wildman–Crippen LogP) is -2.01. The van der Waals surface area contributed by atoms with Crippen LogP contribution >= 0.6 is 19.8 Å². The largest absolute Gasteiger partial charge is 0.479 e. The highest BCUT2D eigenvalue weighted by atomic mass is 31.0. The molecule has 0 spiro atoms. The molecule has 12 heavy (non-hydrogen) atoms. The van der Waals surface area contributed by atoms with Crippen LogP contribution in [0.15, 0.2) is 0 Å². The van der Waals surface area contributed by atoms with Gasteiger partial charge in [-0.25, -0.2) is 9.59 Å². The van der Waals surface area contributed by atoms with Gasteiger partial charge in [-0.2, -0.15) is 19.8 Å². The van der Waals surface area contributed by atoms with E-state index < -0.39 is 24.1 Å². The molecule has 0 radical (unpaired) electrons. The van der Waals surface area contributed by atoms with Gasteiger partial charge >= 0.3 is 11.9 Å². The van der Waals surface area contributed by atoms with Crippen LogP contribution in [0.25, 0.3) is 0 Å². The van der Waals surface area contributed by atoms with E-state index in [1.807, 2.05) is 0 Å². The zero-order valence-electron chi connectivity index (χ0n) is 6.17. The molecule has 4 atom stereocenters. The third-order valence-electron chi connectivity index (χ3n) is 0.805. The Hall–Kier alpha value is -0.280. The van der Waals surface area contributed by atoms with Crippen LogP contribution in [0.5, 0.6) is 0 Å². The minimum absolute atomic E-state index is 0. The number of carbonyl (C=O) groups is 2. The molecule has 0 saturated heterocycles. The maximum atomic E-state index is 9.77. The summed E-state index contributed by atoms with van der Waals surface area (Å²) < 4.78 is 0. The Balaban J connectivity index is -0.000000405. The fourth-order valence-corrected chi connectivity index (χ4v) is 0.270. The summed E-state index contributed by atoms with van der Waals surface area (Å²) in [5.74, 6) is -3.54. The minimum Gasteiger partial charge on any atom is -0.479 e. The van der Waals surface area contributed by atoms with Crippen molar-refractivity contribution in [1.29, 1.82) is 0 Å². The molecule has 74 valence electrons. The van der Waals surface area contributed by atoms with Gasteiger partial charge in [-0.05, 0) is 0 Å². The molecule has 0 aliphatic carbocycles. The molecule has 0 heterocycles. The Labute approximate surface area is 74.8 Å². The number of aliphatic carboxylic acids is 2. The molecule has 0 aromatic carbocycles. The summed E-state index contributed by atoms with van der Waals surface area (Å²) >= 11 is 0. The van der Waals surface area contributed by atoms with Crippen LogP contribution in [0.2, 0.25) is 0 Å². The first-order chi connectivity index (χ1) is 4.46. The highest BCUT2D eigenvalue weighted by Crippen LogP contribution is 1.92. The lowest BCUT2D eigenvalue weighted by atomic mass is 10.2. The molecule has 0 aromatic rings. The molecule has 4 unspecified atom stereocenters. The van der Waals surface area contributed by atoms with Crippen LogP contribution in [0.4, 0.5) is 0 Å². The third-order valence-corrected chi connectivity index (χ3v) is 0.805. The maximum Gasteiger partial charge on any atom is 0.335 e. The Morgan fingerprint density at radius 2 is 1.00 bits per heavy atom. The van der Waals surface area contributed by atoms with Crippen molar-refractivity contribution in [2.24, 2.45) is 0 Å². The fraction of sp³-hybridized carbons (Fsp3) is 0.500. The number of hydrogen-bond donors (Lipinski definition) is 4. The molecule has 0 fully saturated rings. The second-order valence-electron chi connectivity index (χ2n) is 1.57. The summed E-state index contributed by atoms with van der Waals surface area (Å²) in [6.07, 6.45) is -4.53. The summed E-state index contributed by atoms with van der Waals surface area (Å²) in [4.78, 5) is 19.5. The summed E-state index contributed by atoms with van der Waals surface area (Å²) in [7, 11) is 0. The first-order valence-electron chi connectivity index (χ1n) is 2.28. The predicted molar refractivity (Wildman–Crippen MR) is 49.5 cm³/mol. The van der Waals surface area contributed by atoms with Gasteiger partial charge in [-0.15, -0.1) is 0 Å². The first-order valence-corrected chi connectivity index (χ1v) is 2.28. The maximum absolute atomic E-state index is 9.77. The number of carboxylic acids is 2. The molecule has 0 aliphatic heterocycles. The van der Waals surface area contributed by atoms with Crippen molar-refractivity contribution in [2.75, 3.05) is 0 Å². The van der Waals surface area contributed by atoms with Crippen LogP contribution in [0.3, 0.4) is 0 Å². The van der Waals surface area contributed by atoms with Crippen LogP contribution < -0.4 is 0 Å². The molecule has 0 amide bonds. The van der Waals surface area contributed by atoms with E-state index in [0.29, 0.717) is 0 Å².